The maximum absolute atomic E-state index is 6.04. The van der Waals surface area contributed by atoms with Gasteiger partial charge in [0.25, 0.3) is 0 Å². The van der Waals surface area contributed by atoms with Crippen LogP contribution >= 0.6 is 11.6 Å². The summed E-state index contributed by atoms with van der Waals surface area (Å²) in [6.07, 6.45) is 6.13. The molecule has 1 heterocycles. The van der Waals surface area contributed by atoms with E-state index in [0.717, 1.165) is 18.3 Å². The zero-order chi connectivity index (χ0) is 10.1. The molecule has 0 aliphatic heterocycles. The Kier molecular flexibility index (Phi) is 2.64. The summed E-state index contributed by atoms with van der Waals surface area (Å²) in [6.45, 7) is 4.22. The summed E-state index contributed by atoms with van der Waals surface area (Å²) in [5.74, 6) is 1.72. The van der Waals surface area contributed by atoms with Gasteiger partial charge >= 0.3 is 0 Å². The van der Waals surface area contributed by atoms with Gasteiger partial charge in [-0.15, -0.1) is 0 Å². The maximum atomic E-state index is 6.04. The Morgan fingerprint density at radius 1 is 1.79 bits per heavy atom. The van der Waals surface area contributed by atoms with Gasteiger partial charge in [-0.3, -0.25) is 0 Å². The Labute approximate surface area is 89.6 Å². The van der Waals surface area contributed by atoms with Crippen LogP contribution in [0.4, 0.5) is 0 Å². The van der Waals surface area contributed by atoms with Gasteiger partial charge in [-0.05, 0) is 37.7 Å². The van der Waals surface area contributed by atoms with Gasteiger partial charge in [-0.1, -0.05) is 24.6 Å². The van der Waals surface area contributed by atoms with Crippen LogP contribution in [-0.4, -0.2) is 9.78 Å². The molecule has 0 N–H and O–H groups in total. The first kappa shape index (κ1) is 9.78. The van der Waals surface area contributed by atoms with Crippen LogP contribution in [0.3, 0.4) is 0 Å². The highest BCUT2D eigenvalue weighted by molar-refractivity contribution is 6.45. The van der Waals surface area contributed by atoms with Gasteiger partial charge < -0.3 is 0 Å². The van der Waals surface area contributed by atoms with E-state index in [1.54, 1.807) is 0 Å². The van der Waals surface area contributed by atoms with Crippen molar-refractivity contribution in [2.24, 2.45) is 11.8 Å². The number of aromatic nitrogens is 2. The van der Waals surface area contributed by atoms with Crippen molar-refractivity contribution in [1.29, 1.82) is 0 Å². The molecule has 2 atom stereocenters. The average Bonchev–Trinajstić information content (AvgIpc) is 2.67. The highest BCUT2D eigenvalue weighted by Crippen LogP contribution is 2.40. The minimum atomic E-state index is 0.693. The third kappa shape index (κ3) is 1.85. The predicted octanol–water partition coefficient (Wildman–Crippen LogP) is 3.14. The highest BCUT2D eigenvalue weighted by Gasteiger charge is 2.33. The van der Waals surface area contributed by atoms with Gasteiger partial charge in [-0.25, -0.2) is 4.68 Å². The second-order valence-corrected chi connectivity index (χ2v) is 4.41. The molecule has 1 saturated carbocycles. The fourth-order valence-electron chi connectivity index (χ4n) is 1.75. The predicted molar refractivity (Wildman–Crippen MR) is 59.0 cm³/mol. The van der Waals surface area contributed by atoms with Gasteiger partial charge in [0.2, 0.25) is 0 Å². The number of nitrogens with zero attached hydrogens (tertiary/aromatic N) is 2. The normalized spacial score (nSPS) is 26.6. The molecule has 0 aromatic carbocycles. The summed E-state index contributed by atoms with van der Waals surface area (Å²) >= 11 is 6.04. The highest BCUT2D eigenvalue weighted by atomic mass is 35.5. The number of hydrogen-bond acceptors (Lipinski definition) is 1. The summed E-state index contributed by atoms with van der Waals surface area (Å²) in [4.78, 5) is 0. The van der Waals surface area contributed by atoms with E-state index in [2.05, 4.69) is 18.1 Å². The molecule has 1 aliphatic carbocycles. The summed E-state index contributed by atoms with van der Waals surface area (Å²) < 4.78 is 1.83. The van der Waals surface area contributed by atoms with E-state index in [9.17, 15) is 0 Å². The lowest BCUT2D eigenvalue weighted by Gasteiger charge is -2.04. The molecule has 1 aromatic heterocycles. The Morgan fingerprint density at radius 2 is 2.50 bits per heavy atom. The number of hydrogen-bond donors (Lipinski definition) is 0. The first-order chi connectivity index (χ1) is 6.72. The molecule has 2 unspecified atom stereocenters. The number of rotatable bonds is 3. The van der Waals surface area contributed by atoms with Crippen molar-refractivity contribution >= 4 is 16.8 Å². The van der Waals surface area contributed by atoms with Gasteiger partial charge in [-0.2, -0.15) is 5.10 Å². The van der Waals surface area contributed by atoms with Crippen LogP contribution in [-0.2, 0) is 6.42 Å². The molecule has 0 spiro atoms. The van der Waals surface area contributed by atoms with E-state index in [4.69, 9.17) is 11.6 Å². The van der Waals surface area contributed by atoms with Crippen molar-refractivity contribution in [3.63, 3.8) is 0 Å². The SMILES string of the molecule is C/C=C(/Cl)n1nccc1CC1CC1C. The summed E-state index contributed by atoms with van der Waals surface area (Å²) in [7, 11) is 0. The first-order valence-electron chi connectivity index (χ1n) is 5.07. The van der Waals surface area contributed by atoms with Gasteiger partial charge in [0.1, 0.15) is 5.16 Å². The fourth-order valence-corrected chi connectivity index (χ4v) is 1.90. The van der Waals surface area contributed by atoms with Crippen LogP contribution in [0.1, 0.15) is 26.0 Å². The summed E-state index contributed by atoms with van der Waals surface area (Å²) in [5.41, 5.74) is 1.22. The first-order valence-corrected chi connectivity index (χ1v) is 5.45. The van der Waals surface area contributed by atoms with Crippen molar-refractivity contribution < 1.29 is 0 Å². The van der Waals surface area contributed by atoms with E-state index in [-0.39, 0.29) is 0 Å². The second-order valence-electron chi connectivity index (χ2n) is 4.02. The molecule has 0 saturated heterocycles. The van der Waals surface area contributed by atoms with E-state index < -0.39 is 0 Å². The van der Waals surface area contributed by atoms with E-state index in [1.807, 2.05) is 23.9 Å². The Morgan fingerprint density at radius 3 is 3.07 bits per heavy atom. The lowest BCUT2D eigenvalue weighted by Crippen LogP contribution is -2.01. The minimum absolute atomic E-state index is 0.693. The van der Waals surface area contributed by atoms with Crippen molar-refractivity contribution in [2.75, 3.05) is 0 Å². The fraction of sp³-hybridized carbons (Fsp3) is 0.545. The molecule has 3 heteroatoms. The van der Waals surface area contributed by atoms with Crippen LogP contribution in [0.5, 0.6) is 0 Å². The third-order valence-corrected chi connectivity index (χ3v) is 3.29. The molecule has 14 heavy (non-hydrogen) atoms. The third-order valence-electron chi connectivity index (χ3n) is 2.91. The van der Waals surface area contributed by atoms with E-state index in [0.29, 0.717) is 5.16 Å². The Bertz CT molecular complexity index is 354. The quantitative estimate of drug-likeness (QED) is 0.750. The minimum Gasteiger partial charge on any atom is -0.227 e. The average molecular weight is 211 g/mol. The van der Waals surface area contributed by atoms with Crippen LogP contribution in [0, 0.1) is 11.8 Å². The van der Waals surface area contributed by atoms with Crippen molar-refractivity contribution in [3.05, 3.63) is 24.0 Å². The largest absolute Gasteiger partial charge is 0.227 e. The summed E-state index contributed by atoms with van der Waals surface area (Å²) in [5, 5.41) is 4.90. The molecule has 76 valence electrons. The molecule has 2 rings (SSSR count). The van der Waals surface area contributed by atoms with Crippen LogP contribution < -0.4 is 0 Å². The zero-order valence-corrected chi connectivity index (χ0v) is 9.33. The molecule has 1 fully saturated rings. The Hall–Kier alpha value is -0.760. The second kappa shape index (κ2) is 3.77. The molecule has 1 aliphatic rings. The lowest BCUT2D eigenvalue weighted by atomic mass is 10.2. The topological polar surface area (TPSA) is 17.8 Å². The lowest BCUT2D eigenvalue weighted by molar-refractivity contribution is 0.704. The van der Waals surface area contributed by atoms with Crippen LogP contribution in [0.25, 0.3) is 5.16 Å². The monoisotopic (exact) mass is 210 g/mol. The van der Waals surface area contributed by atoms with Gasteiger partial charge in [0.15, 0.2) is 0 Å². The smallest absolute Gasteiger partial charge is 0.126 e. The van der Waals surface area contributed by atoms with Gasteiger partial charge in [0, 0.05) is 11.9 Å². The molecular weight excluding hydrogens is 196 g/mol. The van der Waals surface area contributed by atoms with Crippen molar-refractivity contribution in [2.45, 2.75) is 26.7 Å². The standard InChI is InChI=1S/C11H15ClN2/c1-3-11(12)14-10(4-5-13-14)7-9-6-8(9)2/h3-5,8-9H,6-7H2,1-2H3/b11-3-. The molecule has 0 radical (unpaired) electrons. The van der Waals surface area contributed by atoms with Gasteiger partial charge in [0.05, 0.1) is 0 Å². The van der Waals surface area contributed by atoms with E-state index in [1.165, 1.54) is 12.1 Å². The Balaban J connectivity index is 2.13. The maximum Gasteiger partial charge on any atom is 0.126 e. The summed E-state index contributed by atoms with van der Waals surface area (Å²) in [6, 6.07) is 2.05. The number of allylic oxidation sites excluding steroid dienone is 1. The van der Waals surface area contributed by atoms with Crippen LogP contribution in [0.2, 0.25) is 0 Å². The molecule has 0 bridgehead atoms. The number of halogens is 1. The van der Waals surface area contributed by atoms with E-state index >= 15 is 0 Å². The van der Waals surface area contributed by atoms with Crippen molar-refractivity contribution in [1.82, 2.24) is 9.78 Å². The van der Waals surface area contributed by atoms with Crippen LogP contribution in [0.15, 0.2) is 18.3 Å². The zero-order valence-electron chi connectivity index (χ0n) is 8.57. The molecule has 2 nitrogen and oxygen atoms in total. The molecule has 0 amide bonds. The molecular formula is C11H15ClN2. The molecule has 1 aromatic rings. The van der Waals surface area contributed by atoms with Crippen molar-refractivity contribution in [3.8, 4) is 0 Å².